The van der Waals surface area contributed by atoms with Crippen LogP contribution < -0.4 is 5.43 Å². The van der Waals surface area contributed by atoms with E-state index < -0.39 is 5.97 Å². The molecule has 0 amide bonds. The third-order valence-corrected chi connectivity index (χ3v) is 4.61. The molecule has 0 aliphatic heterocycles. The zero-order valence-corrected chi connectivity index (χ0v) is 14.4. The smallest absolute Gasteiger partial charge is 0.343 e. The maximum absolute atomic E-state index is 12.4. The van der Waals surface area contributed by atoms with E-state index in [2.05, 4.69) is 12.2 Å². The predicted octanol–water partition coefficient (Wildman–Crippen LogP) is 3.46. The van der Waals surface area contributed by atoms with Gasteiger partial charge in [0, 0.05) is 29.6 Å². The molecule has 1 atom stereocenters. The van der Waals surface area contributed by atoms with Crippen molar-refractivity contribution >= 4 is 5.97 Å². The van der Waals surface area contributed by atoms with Crippen molar-refractivity contribution in [1.29, 1.82) is 0 Å². The monoisotopic (exact) mass is 339 g/mol. The number of pyridine rings is 1. The number of ether oxygens (including phenoxy) is 1. The number of rotatable bonds is 3. The molecular weight excluding hydrogens is 318 g/mol. The van der Waals surface area contributed by atoms with Gasteiger partial charge in [0.15, 0.2) is 5.43 Å². The number of esters is 1. The lowest BCUT2D eigenvalue weighted by molar-refractivity contribution is 0.0598. The third kappa shape index (κ3) is 3.36. The van der Waals surface area contributed by atoms with E-state index in [9.17, 15) is 14.7 Å². The number of nitrogens with zero attached hydrogens (tertiary/aromatic N) is 1. The largest absolute Gasteiger partial charge is 0.508 e. The van der Waals surface area contributed by atoms with E-state index in [1.165, 1.54) is 7.11 Å². The molecule has 5 heteroatoms. The summed E-state index contributed by atoms with van der Waals surface area (Å²) in [5, 5.41) is 9.68. The lowest BCUT2D eigenvalue weighted by Gasteiger charge is -2.24. The number of aromatic nitrogens is 1. The number of phenols is 1. The van der Waals surface area contributed by atoms with Gasteiger partial charge in [-0.15, -0.1) is 0 Å². The standard InChI is InChI=1S/C20H21NO4/c1-13-10-15(22)8-9-17(13)21-12-16(20(24)25-2)19(23)11-18(21)14-6-4-3-5-7-14/h3-4,8-12,14,22H,5-7H2,1-2H3. The van der Waals surface area contributed by atoms with Crippen molar-refractivity contribution < 1.29 is 14.6 Å². The molecule has 1 aromatic heterocycles. The number of benzene rings is 1. The summed E-state index contributed by atoms with van der Waals surface area (Å²) in [5.74, 6) is -0.263. The fourth-order valence-electron chi connectivity index (χ4n) is 3.31. The first-order chi connectivity index (χ1) is 12.0. The van der Waals surface area contributed by atoms with Crippen LogP contribution in [0.3, 0.4) is 0 Å². The second-order valence-electron chi connectivity index (χ2n) is 6.29. The van der Waals surface area contributed by atoms with Gasteiger partial charge < -0.3 is 14.4 Å². The van der Waals surface area contributed by atoms with Crippen LogP contribution in [0.1, 0.15) is 46.8 Å². The van der Waals surface area contributed by atoms with Gasteiger partial charge in [-0.2, -0.15) is 0 Å². The van der Waals surface area contributed by atoms with E-state index in [1.54, 1.807) is 30.5 Å². The highest BCUT2D eigenvalue weighted by Crippen LogP contribution is 2.31. The molecule has 0 spiro atoms. The topological polar surface area (TPSA) is 68.5 Å². The summed E-state index contributed by atoms with van der Waals surface area (Å²) in [6.45, 7) is 1.88. The molecule has 1 aliphatic rings. The summed E-state index contributed by atoms with van der Waals surface area (Å²) < 4.78 is 6.62. The van der Waals surface area contributed by atoms with Crippen molar-refractivity contribution in [1.82, 2.24) is 4.57 Å². The average molecular weight is 339 g/mol. The van der Waals surface area contributed by atoms with Gasteiger partial charge in [-0.25, -0.2) is 4.79 Å². The first kappa shape index (κ1) is 17.0. The molecule has 1 heterocycles. The minimum atomic E-state index is -0.648. The lowest BCUT2D eigenvalue weighted by Crippen LogP contribution is -2.22. The molecule has 0 fully saturated rings. The van der Waals surface area contributed by atoms with Crippen molar-refractivity contribution in [3.05, 3.63) is 69.7 Å². The van der Waals surface area contributed by atoms with Gasteiger partial charge in [-0.1, -0.05) is 12.2 Å². The first-order valence-corrected chi connectivity index (χ1v) is 8.31. The van der Waals surface area contributed by atoms with Crippen molar-refractivity contribution in [2.45, 2.75) is 32.1 Å². The highest BCUT2D eigenvalue weighted by Gasteiger charge is 2.21. The number of methoxy groups -OCH3 is 1. The van der Waals surface area contributed by atoms with Crippen LogP contribution in [0, 0.1) is 6.92 Å². The van der Waals surface area contributed by atoms with E-state index in [0.717, 1.165) is 36.2 Å². The Hall–Kier alpha value is -2.82. The molecule has 0 bridgehead atoms. The zero-order valence-electron chi connectivity index (χ0n) is 14.4. The molecule has 1 aromatic carbocycles. The summed E-state index contributed by atoms with van der Waals surface area (Å²) in [5.41, 5.74) is 2.23. The summed E-state index contributed by atoms with van der Waals surface area (Å²) in [7, 11) is 1.26. The fraction of sp³-hybridized carbons (Fsp3) is 0.300. The molecule has 1 N–H and O–H groups in total. The predicted molar refractivity (Wildman–Crippen MR) is 95.5 cm³/mol. The maximum Gasteiger partial charge on any atom is 0.343 e. The molecule has 5 nitrogen and oxygen atoms in total. The molecular formula is C20H21NO4. The summed E-state index contributed by atoms with van der Waals surface area (Å²) >= 11 is 0. The fourth-order valence-corrected chi connectivity index (χ4v) is 3.31. The Morgan fingerprint density at radius 3 is 2.72 bits per heavy atom. The number of phenolic OH excluding ortho intramolecular Hbond substituents is 1. The molecule has 3 rings (SSSR count). The van der Waals surface area contributed by atoms with Crippen LogP contribution in [0.25, 0.3) is 5.69 Å². The van der Waals surface area contributed by atoms with Crippen molar-refractivity contribution in [3.63, 3.8) is 0 Å². The van der Waals surface area contributed by atoms with Gasteiger partial charge in [-0.05, 0) is 49.9 Å². The number of aromatic hydroxyl groups is 1. The molecule has 130 valence electrons. The lowest BCUT2D eigenvalue weighted by atomic mass is 9.90. The number of hydrogen-bond donors (Lipinski definition) is 1. The Labute approximate surface area is 146 Å². The van der Waals surface area contributed by atoms with Crippen LogP contribution >= 0.6 is 0 Å². The Morgan fingerprint density at radius 1 is 1.28 bits per heavy atom. The number of carbonyl (C=O) groups excluding carboxylic acids is 1. The van der Waals surface area contributed by atoms with Crippen molar-refractivity contribution in [2.75, 3.05) is 7.11 Å². The maximum atomic E-state index is 12.4. The Morgan fingerprint density at radius 2 is 2.08 bits per heavy atom. The quantitative estimate of drug-likeness (QED) is 0.687. The minimum Gasteiger partial charge on any atom is -0.508 e. The molecule has 0 saturated carbocycles. The number of hydrogen-bond acceptors (Lipinski definition) is 4. The van der Waals surface area contributed by atoms with E-state index in [-0.39, 0.29) is 22.7 Å². The zero-order chi connectivity index (χ0) is 18.0. The molecule has 25 heavy (non-hydrogen) atoms. The van der Waals surface area contributed by atoms with Gasteiger partial charge in [-0.3, -0.25) is 4.79 Å². The SMILES string of the molecule is COC(=O)c1cn(-c2ccc(O)cc2C)c(C2CC=CCC2)cc1=O. The highest BCUT2D eigenvalue weighted by atomic mass is 16.5. The van der Waals surface area contributed by atoms with Gasteiger partial charge in [0.1, 0.15) is 11.3 Å². The second-order valence-corrected chi connectivity index (χ2v) is 6.29. The Balaban J connectivity index is 2.23. The van der Waals surface area contributed by atoms with E-state index in [4.69, 9.17) is 4.74 Å². The third-order valence-electron chi connectivity index (χ3n) is 4.61. The summed E-state index contributed by atoms with van der Waals surface area (Å²) in [6.07, 6.45) is 8.60. The minimum absolute atomic E-state index is 0.00470. The van der Waals surface area contributed by atoms with E-state index >= 15 is 0 Å². The summed E-state index contributed by atoms with van der Waals surface area (Å²) in [4.78, 5) is 24.4. The first-order valence-electron chi connectivity index (χ1n) is 8.31. The normalized spacial score (nSPS) is 16.6. The Kier molecular flexibility index (Phi) is 4.74. The molecule has 0 saturated heterocycles. The van der Waals surface area contributed by atoms with Crippen molar-refractivity contribution in [2.24, 2.45) is 0 Å². The van der Waals surface area contributed by atoms with Crippen LogP contribution in [0.4, 0.5) is 0 Å². The highest BCUT2D eigenvalue weighted by molar-refractivity contribution is 5.89. The average Bonchev–Trinajstić information content (AvgIpc) is 2.62. The number of allylic oxidation sites excluding steroid dienone is 2. The van der Waals surface area contributed by atoms with E-state index in [1.807, 2.05) is 11.5 Å². The second kappa shape index (κ2) is 6.97. The molecule has 0 radical (unpaired) electrons. The molecule has 2 aromatic rings. The van der Waals surface area contributed by atoms with Crippen LogP contribution in [0.2, 0.25) is 0 Å². The van der Waals surface area contributed by atoms with Crippen LogP contribution in [-0.4, -0.2) is 22.8 Å². The Bertz CT molecular complexity index is 895. The van der Waals surface area contributed by atoms with Crippen LogP contribution in [0.15, 0.2) is 47.4 Å². The van der Waals surface area contributed by atoms with Crippen molar-refractivity contribution in [3.8, 4) is 11.4 Å². The summed E-state index contributed by atoms with van der Waals surface area (Å²) in [6, 6.07) is 6.60. The van der Waals surface area contributed by atoms with Gasteiger partial charge in [0.05, 0.1) is 7.11 Å². The van der Waals surface area contributed by atoms with Crippen LogP contribution in [-0.2, 0) is 4.74 Å². The molecule has 1 aliphatic carbocycles. The molecule has 1 unspecified atom stereocenters. The van der Waals surface area contributed by atoms with Gasteiger partial charge >= 0.3 is 5.97 Å². The number of aryl methyl sites for hydroxylation is 1. The van der Waals surface area contributed by atoms with Crippen LogP contribution in [0.5, 0.6) is 5.75 Å². The van der Waals surface area contributed by atoms with E-state index in [0.29, 0.717) is 0 Å². The number of carbonyl (C=O) groups is 1. The van der Waals surface area contributed by atoms with Gasteiger partial charge in [0.2, 0.25) is 0 Å². The van der Waals surface area contributed by atoms with Gasteiger partial charge in [0.25, 0.3) is 0 Å².